The maximum atomic E-state index is 13.1. The van der Waals surface area contributed by atoms with Crippen molar-refractivity contribution in [2.75, 3.05) is 19.6 Å². The number of urea groups is 1. The molecule has 0 spiro atoms. The van der Waals surface area contributed by atoms with Crippen molar-refractivity contribution in [3.63, 3.8) is 0 Å². The smallest absolute Gasteiger partial charge is 0.440 e. The monoisotopic (exact) mass is 439 g/mol. The SMILES string of the molecule is CCNC(=O)n1cc2c(n1)C(CN=C=NC(=O)O)N1CC2N(OCc2ccccc2)C1=O. The van der Waals surface area contributed by atoms with Gasteiger partial charge >= 0.3 is 18.2 Å². The van der Waals surface area contributed by atoms with Crippen LogP contribution < -0.4 is 5.32 Å². The molecule has 2 aromatic rings. The molecule has 1 fully saturated rings. The first-order chi connectivity index (χ1) is 15.5. The van der Waals surface area contributed by atoms with Gasteiger partial charge in [-0.15, -0.1) is 4.99 Å². The fourth-order valence-electron chi connectivity index (χ4n) is 3.74. The molecule has 2 unspecified atom stereocenters. The van der Waals surface area contributed by atoms with Gasteiger partial charge in [0.05, 0.1) is 24.8 Å². The second-order valence-electron chi connectivity index (χ2n) is 7.14. The van der Waals surface area contributed by atoms with Crippen LogP contribution in [0, 0.1) is 0 Å². The number of carbonyl (C=O) groups is 3. The highest BCUT2D eigenvalue weighted by molar-refractivity contribution is 5.79. The Kier molecular flexibility index (Phi) is 5.97. The number of fused-ring (bicyclic) bond motifs is 4. The molecule has 2 atom stereocenters. The Morgan fingerprint density at radius 3 is 2.84 bits per heavy atom. The van der Waals surface area contributed by atoms with E-state index in [1.807, 2.05) is 30.3 Å². The molecule has 2 N–H and O–H groups in total. The molecule has 0 saturated carbocycles. The van der Waals surface area contributed by atoms with E-state index < -0.39 is 24.2 Å². The zero-order valence-corrected chi connectivity index (χ0v) is 17.2. The number of carbonyl (C=O) groups excluding carboxylic acids is 2. The Labute approximate surface area is 182 Å². The average molecular weight is 439 g/mol. The first kappa shape index (κ1) is 21.2. The Hall–Kier alpha value is -4.02. The van der Waals surface area contributed by atoms with Gasteiger partial charge in [0.15, 0.2) is 0 Å². The molecule has 1 aromatic carbocycles. The summed E-state index contributed by atoms with van der Waals surface area (Å²) in [5.41, 5.74) is 2.07. The first-order valence-corrected chi connectivity index (χ1v) is 9.99. The van der Waals surface area contributed by atoms with E-state index in [2.05, 4.69) is 26.4 Å². The van der Waals surface area contributed by atoms with Gasteiger partial charge in [-0.05, 0) is 12.5 Å². The predicted octanol–water partition coefficient (Wildman–Crippen LogP) is 2.28. The zero-order valence-electron chi connectivity index (χ0n) is 17.2. The van der Waals surface area contributed by atoms with Crippen LogP contribution in [0.15, 0.2) is 46.5 Å². The molecule has 12 heteroatoms. The Bertz CT molecular complexity index is 1090. The quantitative estimate of drug-likeness (QED) is 0.662. The molecule has 166 valence electrons. The third kappa shape index (κ3) is 4.09. The van der Waals surface area contributed by atoms with Crippen molar-refractivity contribution in [1.82, 2.24) is 25.1 Å². The molecule has 0 aliphatic carbocycles. The van der Waals surface area contributed by atoms with Crippen LogP contribution in [0.4, 0.5) is 14.4 Å². The minimum absolute atomic E-state index is 0.0127. The van der Waals surface area contributed by atoms with Crippen LogP contribution in [0.3, 0.4) is 0 Å². The van der Waals surface area contributed by atoms with Crippen molar-refractivity contribution >= 4 is 24.2 Å². The van der Waals surface area contributed by atoms with E-state index in [4.69, 9.17) is 9.94 Å². The summed E-state index contributed by atoms with van der Waals surface area (Å²) in [6.45, 7) is 2.74. The fraction of sp³-hybridized carbons (Fsp3) is 0.350. The van der Waals surface area contributed by atoms with Gasteiger partial charge in [-0.1, -0.05) is 30.3 Å². The third-order valence-corrected chi connectivity index (χ3v) is 5.14. The lowest BCUT2D eigenvalue weighted by Gasteiger charge is -2.27. The van der Waals surface area contributed by atoms with Crippen LogP contribution in [0.2, 0.25) is 0 Å². The van der Waals surface area contributed by atoms with Crippen LogP contribution in [-0.4, -0.2) is 68.6 Å². The van der Waals surface area contributed by atoms with E-state index in [0.29, 0.717) is 24.3 Å². The molecule has 3 heterocycles. The lowest BCUT2D eigenvalue weighted by Crippen LogP contribution is -2.36. The molecule has 1 saturated heterocycles. The van der Waals surface area contributed by atoms with Gasteiger partial charge in [0, 0.05) is 18.3 Å². The Morgan fingerprint density at radius 1 is 1.34 bits per heavy atom. The summed E-state index contributed by atoms with van der Waals surface area (Å²) in [6.07, 6.45) is 0.165. The Morgan fingerprint density at radius 2 is 2.12 bits per heavy atom. The average Bonchev–Trinajstić information content (AvgIpc) is 3.34. The van der Waals surface area contributed by atoms with Crippen LogP contribution in [0.1, 0.15) is 35.8 Å². The van der Waals surface area contributed by atoms with Gasteiger partial charge in [-0.3, -0.25) is 4.84 Å². The highest BCUT2D eigenvalue weighted by Crippen LogP contribution is 2.43. The van der Waals surface area contributed by atoms with E-state index in [-0.39, 0.29) is 19.2 Å². The zero-order chi connectivity index (χ0) is 22.7. The lowest BCUT2D eigenvalue weighted by atomic mass is 9.98. The van der Waals surface area contributed by atoms with Crippen molar-refractivity contribution in [3.05, 3.63) is 53.3 Å². The van der Waals surface area contributed by atoms with E-state index in [9.17, 15) is 14.4 Å². The molecule has 32 heavy (non-hydrogen) atoms. The summed E-state index contributed by atoms with van der Waals surface area (Å²) in [4.78, 5) is 50.3. The molecule has 2 aliphatic heterocycles. The van der Waals surface area contributed by atoms with Gasteiger partial charge < -0.3 is 15.3 Å². The first-order valence-electron chi connectivity index (χ1n) is 9.99. The summed E-state index contributed by atoms with van der Waals surface area (Å²) in [5, 5.41) is 17.0. The predicted molar refractivity (Wildman–Crippen MR) is 110 cm³/mol. The molecule has 4 amide bonds. The van der Waals surface area contributed by atoms with Gasteiger partial charge in [0.2, 0.25) is 0 Å². The highest BCUT2D eigenvalue weighted by atomic mass is 16.7. The number of hydroxylamine groups is 2. The highest BCUT2D eigenvalue weighted by Gasteiger charge is 2.50. The van der Waals surface area contributed by atoms with Crippen molar-refractivity contribution in [2.45, 2.75) is 25.6 Å². The minimum atomic E-state index is -1.42. The van der Waals surface area contributed by atoms with Crippen LogP contribution in [0.5, 0.6) is 0 Å². The number of carboxylic acid groups (broad SMARTS) is 1. The second kappa shape index (κ2) is 9.00. The third-order valence-electron chi connectivity index (χ3n) is 5.14. The van der Waals surface area contributed by atoms with Crippen LogP contribution in [0.25, 0.3) is 0 Å². The van der Waals surface area contributed by atoms with Crippen molar-refractivity contribution in [1.29, 1.82) is 0 Å². The molecular formula is C20H21N7O5. The molecule has 1 aromatic heterocycles. The molecule has 0 radical (unpaired) electrons. The number of benzene rings is 1. The minimum Gasteiger partial charge on any atom is -0.463 e. The van der Waals surface area contributed by atoms with Gasteiger partial charge in [0.1, 0.15) is 18.7 Å². The second-order valence-corrected chi connectivity index (χ2v) is 7.14. The van der Waals surface area contributed by atoms with Gasteiger partial charge in [-0.25, -0.2) is 19.4 Å². The summed E-state index contributed by atoms with van der Waals surface area (Å²) in [6, 6.07) is 9.72. The molecular weight excluding hydrogens is 418 g/mol. The summed E-state index contributed by atoms with van der Waals surface area (Å²) < 4.78 is 1.19. The van der Waals surface area contributed by atoms with Crippen LogP contribution in [-0.2, 0) is 11.4 Å². The number of aromatic nitrogens is 2. The fourth-order valence-corrected chi connectivity index (χ4v) is 3.74. The normalized spacial score (nSPS) is 18.7. The van der Waals surface area contributed by atoms with Gasteiger partial charge in [0.25, 0.3) is 0 Å². The number of aliphatic imine (C=N–C) groups is 2. The molecule has 4 rings (SSSR count). The molecule has 2 bridgehead atoms. The maximum Gasteiger partial charge on any atom is 0.440 e. The number of rotatable bonds is 6. The number of nitrogens with zero attached hydrogens (tertiary/aromatic N) is 6. The van der Waals surface area contributed by atoms with E-state index >= 15 is 0 Å². The number of hydrogen-bond donors (Lipinski definition) is 2. The number of amides is 4. The van der Waals surface area contributed by atoms with Crippen LogP contribution >= 0.6 is 0 Å². The number of hydrogen-bond acceptors (Lipinski definition) is 6. The maximum absolute atomic E-state index is 13.1. The van der Waals surface area contributed by atoms with Crippen molar-refractivity contribution in [3.8, 4) is 0 Å². The van der Waals surface area contributed by atoms with Gasteiger partial charge in [-0.2, -0.15) is 14.8 Å². The standard InChI is InChI=1S/C20H21N7O5/c1-2-22-18(28)26-9-14-16-10-25(15(17(14)24-26)8-21-12-23-19(29)30)20(31)27(16)32-11-13-6-4-3-5-7-13/h3-7,9,15-16H,2,8,10-11H2,1H3,(H,22,28)(H,29,30). The lowest BCUT2D eigenvalue weighted by molar-refractivity contribution is -0.141. The summed E-state index contributed by atoms with van der Waals surface area (Å²) in [7, 11) is 0. The topological polar surface area (TPSA) is 142 Å². The van der Waals surface area contributed by atoms with E-state index in [0.717, 1.165) is 5.56 Å². The van der Waals surface area contributed by atoms with Crippen molar-refractivity contribution in [2.24, 2.45) is 9.98 Å². The summed E-state index contributed by atoms with van der Waals surface area (Å²) in [5.74, 6) is 0. The summed E-state index contributed by atoms with van der Waals surface area (Å²) >= 11 is 0. The Balaban J connectivity index is 1.64. The van der Waals surface area contributed by atoms with E-state index in [1.165, 1.54) is 9.75 Å². The van der Waals surface area contributed by atoms with E-state index in [1.54, 1.807) is 18.0 Å². The van der Waals surface area contributed by atoms with Crippen molar-refractivity contribution < 1.29 is 24.3 Å². The molecule has 2 aliphatic rings. The number of nitrogens with one attached hydrogen (secondary N) is 1. The largest absolute Gasteiger partial charge is 0.463 e. The molecule has 12 nitrogen and oxygen atoms in total.